The lowest BCUT2D eigenvalue weighted by Crippen LogP contribution is -2.53. The number of amides is 1. The molecule has 1 aromatic rings. The summed E-state index contributed by atoms with van der Waals surface area (Å²) in [5.41, 5.74) is 1.11. The molecule has 1 saturated heterocycles. The highest BCUT2D eigenvalue weighted by Crippen LogP contribution is 2.28. The highest BCUT2D eigenvalue weighted by Gasteiger charge is 2.21. The molecule has 0 atom stereocenters. The van der Waals surface area contributed by atoms with Crippen LogP contribution in [0, 0.1) is 0 Å². The molecule has 1 aliphatic heterocycles. The molecule has 1 aliphatic rings. The number of methoxy groups -OCH3 is 1. The Morgan fingerprint density at radius 3 is 2.56 bits per heavy atom. The summed E-state index contributed by atoms with van der Waals surface area (Å²) >= 11 is 0. The van der Waals surface area contributed by atoms with Crippen molar-refractivity contribution in [3.05, 3.63) is 36.9 Å². The maximum absolute atomic E-state index is 11.8. The smallest absolute Gasteiger partial charge is 0.243 e. The molecule has 0 unspecified atom stereocenters. The van der Waals surface area contributed by atoms with Gasteiger partial charge in [0.15, 0.2) is 5.96 Å². The summed E-state index contributed by atoms with van der Waals surface area (Å²) in [5, 5.41) is 3.25. The summed E-state index contributed by atoms with van der Waals surface area (Å²) in [6.07, 6.45) is 1.79. The summed E-state index contributed by atoms with van der Waals surface area (Å²) in [6, 6.07) is 8.06. The van der Waals surface area contributed by atoms with Crippen LogP contribution in [-0.4, -0.2) is 82.1 Å². The minimum absolute atomic E-state index is 0. The third-order valence-electron chi connectivity index (χ3n) is 4.27. The molecule has 1 amide bonds. The highest BCUT2D eigenvalue weighted by molar-refractivity contribution is 14.0. The Kier molecular flexibility index (Phi) is 9.98. The topological polar surface area (TPSA) is 60.4 Å². The zero-order chi connectivity index (χ0) is 18.9. The van der Waals surface area contributed by atoms with Crippen LogP contribution in [-0.2, 0) is 4.79 Å². The molecule has 2 rings (SSSR count). The number of para-hydroxylation sites is 2. The van der Waals surface area contributed by atoms with Gasteiger partial charge in [0.2, 0.25) is 5.91 Å². The van der Waals surface area contributed by atoms with E-state index in [0.717, 1.165) is 43.6 Å². The van der Waals surface area contributed by atoms with Gasteiger partial charge in [0.25, 0.3) is 0 Å². The summed E-state index contributed by atoms with van der Waals surface area (Å²) in [6.45, 7) is 7.84. The van der Waals surface area contributed by atoms with Gasteiger partial charge in [-0.25, -0.2) is 4.99 Å². The number of hydrogen-bond acceptors (Lipinski definition) is 4. The lowest BCUT2D eigenvalue weighted by atomic mass is 10.2. The molecule has 1 N–H and O–H groups in total. The number of nitrogens with one attached hydrogen (secondary N) is 1. The largest absolute Gasteiger partial charge is 0.495 e. The van der Waals surface area contributed by atoms with E-state index in [4.69, 9.17) is 4.74 Å². The van der Waals surface area contributed by atoms with Crippen molar-refractivity contribution in [2.24, 2.45) is 4.99 Å². The van der Waals surface area contributed by atoms with Crippen molar-refractivity contribution in [2.45, 2.75) is 0 Å². The molecule has 7 nitrogen and oxygen atoms in total. The number of guanidine groups is 1. The van der Waals surface area contributed by atoms with Crippen LogP contribution in [0.15, 0.2) is 41.9 Å². The third-order valence-corrected chi connectivity index (χ3v) is 4.27. The summed E-state index contributed by atoms with van der Waals surface area (Å²) in [5.74, 6) is 1.62. The normalized spacial score (nSPS) is 14.3. The number of rotatable bonds is 6. The van der Waals surface area contributed by atoms with Gasteiger partial charge >= 0.3 is 0 Å². The zero-order valence-corrected chi connectivity index (χ0v) is 18.7. The third kappa shape index (κ3) is 6.60. The Labute approximate surface area is 179 Å². The standard InChI is InChI=1S/C19H29N5O2.HI/c1-5-10-20-19(21-15-18(25)22(2)3)24-13-11-23(12-14-24)16-8-6-7-9-17(16)26-4;/h5-9H,1,10-15H2,2-4H3,(H,20,21);1H. The number of nitrogens with zero attached hydrogens (tertiary/aromatic N) is 4. The molecule has 1 heterocycles. The second-order valence-corrected chi connectivity index (χ2v) is 6.24. The molecular formula is C19H30IN5O2. The fourth-order valence-corrected chi connectivity index (χ4v) is 2.77. The highest BCUT2D eigenvalue weighted by atomic mass is 127. The van der Waals surface area contributed by atoms with E-state index in [-0.39, 0.29) is 36.4 Å². The molecule has 27 heavy (non-hydrogen) atoms. The minimum Gasteiger partial charge on any atom is -0.495 e. The molecule has 8 heteroatoms. The van der Waals surface area contributed by atoms with Crippen LogP contribution in [0.3, 0.4) is 0 Å². The number of aliphatic imine (C=N–C) groups is 1. The zero-order valence-electron chi connectivity index (χ0n) is 16.4. The van der Waals surface area contributed by atoms with Gasteiger partial charge in [-0.15, -0.1) is 30.6 Å². The average Bonchev–Trinajstić information content (AvgIpc) is 2.68. The van der Waals surface area contributed by atoms with Gasteiger partial charge in [-0.1, -0.05) is 18.2 Å². The molecule has 0 aromatic heterocycles. The van der Waals surface area contributed by atoms with Gasteiger partial charge in [-0.2, -0.15) is 0 Å². The summed E-state index contributed by atoms with van der Waals surface area (Å²) in [7, 11) is 5.17. The quantitative estimate of drug-likeness (QED) is 0.286. The first-order valence-corrected chi connectivity index (χ1v) is 8.79. The number of carbonyl (C=O) groups excluding carboxylic acids is 1. The minimum atomic E-state index is -0.0180. The summed E-state index contributed by atoms with van der Waals surface area (Å²) in [4.78, 5) is 22.4. The Bertz CT molecular complexity index is 643. The van der Waals surface area contributed by atoms with Crippen molar-refractivity contribution >= 4 is 41.5 Å². The van der Waals surface area contributed by atoms with E-state index in [0.29, 0.717) is 6.54 Å². The predicted molar refractivity (Wildman–Crippen MR) is 121 cm³/mol. The monoisotopic (exact) mass is 487 g/mol. The number of halogens is 1. The van der Waals surface area contributed by atoms with E-state index in [1.807, 2.05) is 18.2 Å². The molecule has 0 aliphatic carbocycles. The van der Waals surface area contributed by atoms with Gasteiger partial charge in [0.1, 0.15) is 12.3 Å². The molecule has 1 aromatic carbocycles. The van der Waals surface area contributed by atoms with Crippen molar-refractivity contribution in [1.29, 1.82) is 0 Å². The van der Waals surface area contributed by atoms with Crippen molar-refractivity contribution in [3.8, 4) is 5.75 Å². The number of piperazine rings is 1. The van der Waals surface area contributed by atoms with E-state index < -0.39 is 0 Å². The lowest BCUT2D eigenvalue weighted by molar-refractivity contribution is -0.127. The number of ether oxygens (including phenoxy) is 1. The van der Waals surface area contributed by atoms with Crippen LogP contribution < -0.4 is 15.0 Å². The Hall–Kier alpha value is -1.97. The number of carbonyl (C=O) groups is 1. The molecule has 0 saturated carbocycles. The number of likely N-dealkylation sites (N-methyl/N-ethyl adjacent to an activating group) is 1. The van der Waals surface area contributed by atoms with Crippen LogP contribution in [0.25, 0.3) is 0 Å². The Morgan fingerprint density at radius 1 is 1.30 bits per heavy atom. The average molecular weight is 487 g/mol. The maximum Gasteiger partial charge on any atom is 0.243 e. The molecule has 0 radical (unpaired) electrons. The Balaban J connectivity index is 0.00000364. The SMILES string of the molecule is C=CCNC(=NCC(=O)N(C)C)N1CCN(c2ccccc2OC)CC1.I. The second-order valence-electron chi connectivity index (χ2n) is 6.24. The number of benzene rings is 1. The van der Waals surface area contributed by atoms with Crippen LogP contribution in [0.5, 0.6) is 5.75 Å². The van der Waals surface area contributed by atoms with Gasteiger partial charge in [-0.05, 0) is 12.1 Å². The van der Waals surface area contributed by atoms with Crippen LogP contribution >= 0.6 is 24.0 Å². The lowest BCUT2D eigenvalue weighted by Gasteiger charge is -2.38. The first-order chi connectivity index (χ1) is 12.6. The molecule has 0 spiro atoms. The van der Waals surface area contributed by atoms with Crippen LogP contribution in [0.4, 0.5) is 5.69 Å². The molecule has 150 valence electrons. The number of anilines is 1. The first kappa shape index (κ1) is 23.1. The Morgan fingerprint density at radius 2 is 1.96 bits per heavy atom. The van der Waals surface area contributed by atoms with Crippen molar-refractivity contribution in [2.75, 3.05) is 65.4 Å². The van der Waals surface area contributed by atoms with Gasteiger partial charge in [0, 0.05) is 46.8 Å². The van der Waals surface area contributed by atoms with Gasteiger partial charge in [0.05, 0.1) is 12.8 Å². The van der Waals surface area contributed by atoms with Crippen LogP contribution in [0.2, 0.25) is 0 Å². The predicted octanol–water partition coefficient (Wildman–Crippen LogP) is 1.65. The van der Waals surface area contributed by atoms with Crippen LogP contribution in [0.1, 0.15) is 0 Å². The van der Waals surface area contributed by atoms with E-state index in [2.05, 4.69) is 32.8 Å². The maximum atomic E-state index is 11.8. The van der Waals surface area contributed by atoms with E-state index in [9.17, 15) is 4.79 Å². The first-order valence-electron chi connectivity index (χ1n) is 8.79. The van der Waals surface area contributed by atoms with Crippen molar-refractivity contribution < 1.29 is 9.53 Å². The molecule has 0 bridgehead atoms. The van der Waals surface area contributed by atoms with E-state index >= 15 is 0 Å². The van der Waals surface area contributed by atoms with E-state index in [1.54, 1.807) is 32.2 Å². The summed E-state index contributed by atoms with van der Waals surface area (Å²) < 4.78 is 5.47. The fraction of sp³-hybridized carbons (Fsp3) is 0.474. The van der Waals surface area contributed by atoms with Gasteiger partial charge < -0.3 is 24.8 Å². The molecule has 1 fully saturated rings. The van der Waals surface area contributed by atoms with Crippen molar-refractivity contribution in [1.82, 2.24) is 15.1 Å². The second kappa shape index (κ2) is 11.7. The van der Waals surface area contributed by atoms with Gasteiger partial charge in [-0.3, -0.25) is 4.79 Å². The van der Waals surface area contributed by atoms with Crippen molar-refractivity contribution in [3.63, 3.8) is 0 Å². The molecular weight excluding hydrogens is 457 g/mol. The fourth-order valence-electron chi connectivity index (χ4n) is 2.77. The number of hydrogen-bond donors (Lipinski definition) is 1. The van der Waals surface area contributed by atoms with E-state index in [1.165, 1.54) is 0 Å².